The Hall–Kier alpha value is -2.18. The van der Waals surface area contributed by atoms with Crippen LogP contribution in [0.15, 0.2) is 48.6 Å². The summed E-state index contributed by atoms with van der Waals surface area (Å²) in [4.78, 5) is 26.2. The first-order chi connectivity index (χ1) is 32.0. The van der Waals surface area contributed by atoms with Crippen LogP contribution in [0, 0.1) is 0 Å². The van der Waals surface area contributed by atoms with Gasteiger partial charge in [-0.2, -0.15) is 0 Å². The maximum atomic E-state index is 13.2. The molecular formula is C59H109NO5. The van der Waals surface area contributed by atoms with Gasteiger partial charge < -0.3 is 20.3 Å². The summed E-state index contributed by atoms with van der Waals surface area (Å²) in [6.45, 7) is 6.36. The molecule has 0 rings (SSSR count). The first-order valence-corrected chi connectivity index (χ1v) is 28.4. The number of unbranched alkanes of at least 4 members (excludes halogenated alkanes) is 33. The molecule has 6 heteroatoms. The van der Waals surface area contributed by atoms with Crippen LogP contribution < -0.4 is 5.32 Å². The molecule has 0 aromatic carbocycles. The molecule has 3 unspecified atom stereocenters. The van der Waals surface area contributed by atoms with Crippen LogP contribution in [-0.2, 0) is 14.3 Å². The van der Waals surface area contributed by atoms with Gasteiger partial charge in [0.05, 0.1) is 25.2 Å². The van der Waals surface area contributed by atoms with Gasteiger partial charge in [0.15, 0.2) is 0 Å². The number of hydrogen-bond acceptors (Lipinski definition) is 5. The maximum absolute atomic E-state index is 13.2. The number of ether oxygens (including phenoxy) is 1. The summed E-state index contributed by atoms with van der Waals surface area (Å²) in [6, 6.07) is -0.713. The zero-order valence-corrected chi connectivity index (χ0v) is 43.4. The minimum Gasteiger partial charge on any atom is -0.462 e. The smallest absolute Gasteiger partial charge is 0.306 e. The van der Waals surface area contributed by atoms with E-state index in [4.69, 9.17) is 4.74 Å². The van der Waals surface area contributed by atoms with Gasteiger partial charge in [-0.05, 0) is 70.6 Å². The van der Waals surface area contributed by atoms with Crippen LogP contribution in [0.4, 0.5) is 0 Å². The van der Waals surface area contributed by atoms with Crippen molar-refractivity contribution in [1.29, 1.82) is 0 Å². The molecule has 0 aliphatic heterocycles. The van der Waals surface area contributed by atoms with Crippen molar-refractivity contribution in [2.24, 2.45) is 0 Å². The highest BCUT2D eigenvalue weighted by Gasteiger charge is 2.24. The van der Waals surface area contributed by atoms with E-state index in [1.54, 1.807) is 0 Å². The lowest BCUT2D eigenvalue weighted by Crippen LogP contribution is -2.46. The second kappa shape index (κ2) is 52.8. The van der Waals surface area contributed by atoms with Gasteiger partial charge in [0.1, 0.15) is 6.10 Å². The van der Waals surface area contributed by atoms with Crippen molar-refractivity contribution >= 4 is 11.9 Å². The minimum absolute atomic E-state index is 0.0550. The number of hydrogen-bond donors (Lipinski definition) is 3. The van der Waals surface area contributed by atoms with E-state index in [2.05, 4.69) is 68.6 Å². The zero-order chi connectivity index (χ0) is 47.4. The molecule has 0 saturated heterocycles. The molecule has 0 radical (unpaired) electrons. The Bertz CT molecular complexity index is 1110. The average molecular weight is 913 g/mol. The highest BCUT2D eigenvalue weighted by atomic mass is 16.5. The number of nitrogens with one attached hydrogen (secondary N) is 1. The van der Waals surface area contributed by atoms with Gasteiger partial charge in [0.2, 0.25) is 5.91 Å². The molecule has 0 aliphatic rings. The Kier molecular flexibility index (Phi) is 51.0. The third kappa shape index (κ3) is 48.1. The fourth-order valence-electron chi connectivity index (χ4n) is 8.66. The molecule has 0 saturated carbocycles. The number of carbonyl (C=O) groups is 2. The van der Waals surface area contributed by atoms with Crippen molar-refractivity contribution in [3.05, 3.63) is 48.6 Å². The van der Waals surface area contributed by atoms with Gasteiger partial charge in [0.25, 0.3) is 0 Å². The van der Waals surface area contributed by atoms with Crippen LogP contribution in [0.1, 0.15) is 290 Å². The summed E-state index contributed by atoms with van der Waals surface area (Å²) in [6.07, 6.45) is 64.7. The number of rotatable bonds is 51. The predicted octanol–water partition coefficient (Wildman–Crippen LogP) is 17.4. The average Bonchev–Trinajstić information content (AvgIpc) is 3.30. The summed E-state index contributed by atoms with van der Waals surface area (Å²) in [5.74, 6) is -0.502. The van der Waals surface area contributed by atoms with Crippen molar-refractivity contribution in [3.8, 4) is 0 Å². The van der Waals surface area contributed by atoms with E-state index >= 15 is 0 Å². The summed E-state index contributed by atoms with van der Waals surface area (Å²) in [5.41, 5.74) is 0. The lowest BCUT2D eigenvalue weighted by Gasteiger charge is -2.24. The minimum atomic E-state index is -0.797. The molecule has 0 aromatic rings. The van der Waals surface area contributed by atoms with Crippen LogP contribution in [0.3, 0.4) is 0 Å². The van der Waals surface area contributed by atoms with Crippen LogP contribution in [0.2, 0.25) is 0 Å². The summed E-state index contributed by atoms with van der Waals surface area (Å²) >= 11 is 0. The third-order valence-electron chi connectivity index (χ3n) is 13.0. The SMILES string of the molecule is CC/C=C/C=C/C=C\CCCCCC(CC(=O)NC(CO)C(O)CCCCCCCCCCCCCCCCCC)OC(=O)CCCCCCCCCCC/C=C/CCCCCCCC. The number of aliphatic hydroxyl groups is 2. The first kappa shape index (κ1) is 62.8. The van der Waals surface area contributed by atoms with Crippen LogP contribution in [0.25, 0.3) is 0 Å². The van der Waals surface area contributed by atoms with Crippen molar-refractivity contribution in [2.45, 2.75) is 309 Å². The first-order valence-electron chi connectivity index (χ1n) is 28.4. The lowest BCUT2D eigenvalue weighted by atomic mass is 10.0. The molecule has 0 heterocycles. The molecule has 6 nitrogen and oxygen atoms in total. The van der Waals surface area contributed by atoms with E-state index < -0.39 is 18.2 Å². The van der Waals surface area contributed by atoms with Crippen LogP contribution in [0.5, 0.6) is 0 Å². The van der Waals surface area contributed by atoms with E-state index in [0.717, 1.165) is 70.6 Å². The summed E-state index contributed by atoms with van der Waals surface area (Å²) in [5, 5.41) is 23.8. The van der Waals surface area contributed by atoms with Crippen molar-refractivity contribution in [3.63, 3.8) is 0 Å². The van der Waals surface area contributed by atoms with Crippen molar-refractivity contribution in [2.75, 3.05) is 6.61 Å². The molecule has 3 N–H and O–H groups in total. The Morgan fingerprint density at radius 1 is 0.462 bits per heavy atom. The van der Waals surface area contributed by atoms with Gasteiger partial charge in [-0.25, -0.2) is 0 Å². The van der Waals surface area contributed by atoms with Gasteiger partial charge in [-0.3, -0.25) is 9.59 Å². The Morgan fingerprint density at radius 2 is 0.846 bits per heavy atom. The second-order valence-corrected chi connectivity index (χ2v) is 19.4. The van der Waals surface area contributed by atoms with Gasteiger partial charge in [0, 0.05) is 6.42 Å². The molecule has 0 aromatic heterocycles. The Labute approximate surface area is 404 Å². The van der Waals surface area contributed by atoms with Crippen molar-refractivity contribution in [1.82, 2.24) is 5.32 Å². The molecule has 0 fully saturated rings. The summed E-state index contributed by atoms with van der Waals surface area (Å²) < 4.78 is 5.93. The molecule has 1 amide bonds. The van der Waals surface area contributed by atoms with Gasteiger partial charge >= 0.3 is 5.97 Å². The highest BCUT2D eigenvalue weighted by Crippen LogP contribution is 2.18. The standard InChI is InChI=1S/C59H109NO5/c1-4-7-10-13-16-19-22-24-26-28-29-30-32-34-37-40-43-46-49-52-59(64)65-55(50-47-44-41-38-35-21-18-15-12-9-6-3)53-58(63)60-56(54-61)57(62)51-48-45-42-39-36-33-31-27-25-23-20-17-14-11-8-5-2/h9,12,15,18,21,24,26,35,55-57,61-62H,4-8,10-11,13-14,16-17,19-20,22-23,25,27-34,36-54H2,1-3H3,(H,60,63)/b12-9+,18-15+,26-24+,35-21-. The number of esters is 1. The highest BCUT2D eigenvalue weighted by molar-refractivity contribution is 5.77. The van der Waals surface area contributed by atoms with E-state index in [0.29, 0.717) is 19.3 Å². The fourth-order valence-corrected chi connectivity index (χ4v) is 8.66. The summed E-state index contributed by atoms with van der Waals surface area (Å²) in [7, 11) is 0. The number of carbonyl (C=O) groups excluding carboxylic acids is 2. The van der Waals surface area contributed by atoms with Crippen molar-refractivity contribution < 1.29 is 24.5 Å². The van der Waals surface area contributed by atoms with E-state index in [-0.39, 0.29) is 24.9 Å². The van der Waals surface area contributed by atoms with Gasteiger partial charge in [-0.1, -0.05) is 256 Å². The van der Waals surface area contributed by atoms with E-state index in [1.165, 1.54) is 173 Å². The topological polar surface area (TPSA) is 95.9 Å². The number of amides is 1. The monoisotopic (exact) mass is 912 g/mol. The van der Waals surface area contributed by atoms with E-state index in [1.807, 2.05) is 6.08 Å². The number of aliphatic hydroxyl groups excluding tert-OH is 2. The van der Waals surface area contributed by atoms with Gasteiger partial charge in [-0.15, -0.1) is 0 Å². The lowest BCUT2D eigenvalue weighted by molar-refractivity contribution is -0.151. The molecule has 0 bridgehead atoms. The van der Waals surface area contributed by atoms with E-state index in [9.17, 15) is 19.8 Å². The number of allylic oxidation sites excluding steroid dienone is 8. The fraction of sp³-hybridized carbons (Fsp3) is 0.831. The molecule has 0 spiro atoms. The maximum Gasteiger partial charge on any atom is 0.306 e. The molecule has 380 valence electrons. The normalized spacial score (nSPS) is 13.5. The largest absolute Gasteiger partial charge is 0.462 e. The second-order valence-electron chi connectivity index (χ2n) is 19.4. The zero-order valence-electron chi connectivity index (χ0n) is 43.4. The van der Waals surface area contributed by atoms with Crippen LogP contribution >= 0.6 is 0 Å². The molecule has 0 aliphatic carbocycles. The Balaban J connectivity index is 4.46. The third-order valence-corrected chi connectivity index (χ3v) is 13.0. The quantitative estimate of drug-likeness (QED) is 0.0245. The Morgan fingerprint density at radius 3 is 1.31 bits per heavy atom. The van der Waals surface area contributed by atoms with Crippen LogP contribution in [-0.4, -0.2) is 46.9 Å². The molecular weight excluding hydrogens is 803 g/mol. The molecule has 3 atom stereocenters. The predicted molar refractivity (Wildman–Crippen MR) is 282 cm³/mol. The molecule has 65 heavy (non-hydrogen) atoms.